The number of carbonyl (C=O) groups excluding carboxylic acids is 1. The Hall–Kier alpha value is -0.983. The van der Waals surface area contributed by atoms with Crippen LogP contribution in [-0.4, -0.2) is 30.5 Å². The molecule has 1 saturated carbocycles. The number of hydrogen-bond donors (Lipinski definition) is 0. The Morgan fingerprint density at radius 2 is 2.21 bits per heavy atom. The Labute approximate surface area is 152 Å². The van der Waals surface area contributed by atoms with Crippen LogP contribution in [0.2, 0.25) is 25.7 Å². The first kappa shape index (κ1) is 17.8. The summed E-state index contributed by atoms with van der Waals surface area (Å²) in [7, 11) is -1.08. The summed E-state index contributed by atoms with van der Waals surface area (Å²) in [4.78, 5) is 16.2. The molecule has 0 saturated heterocycles. The molecule has 0 spiro atoms. The van der Waals surface area contributed by atoms with Gasteiger partial charge < -0.3 is 14.1 Å². The van der Waals surface area contributed by atoms with Crippen LogP contribution in [0.15, 0.2) is 22.9 Å². The molecular weight excluding hydrogens is 384 g/mol. The second kappa shape index (κ2) is 7.10. The average Bonchev–Trinajstić information content (AvgIpc) is 3.28. The zero-order chi connectivity index (χ0) is 17.3. The molecule has 3 rings (SSSR count). The molecule has 24 heavy (non-hydrogen) atoms. The molecule has 130 valence electrons. The van der Waals surface area contributed by atoms with E-state index in [-0.39, 0.29) is 5.92 Å². The maximum absolute atomic E-state index is 11.6. The van der Waals surface area contributed by atoms with E-state index >= 15 is 0 Å². The predicted octanol–water partition coefficient (Wildman–Crippen LogP) is 4.80. The normalized spacial score (nSPS) is 16.5. The molecule has 0 bridgehead atoms. The Kier molecular flexibility index (Phi) is 5.27. The molecule has 2 heterocycles. The number of rotatable bonds is 8. The molecule has 2 aromatic heterocycles. The van der Waals surface area contributed by atoms with Crippen LogP contribution >= 0.6 is 15.9 Å². The van der Waals surface area contributed by atoms with Crippen molar-refractivity contribution in [3.63, 3.8) is 0 Å². The van der Waals surface area contributed by atoms with Crippen molar-refractivity contribution in [2.24, 2.45) is 5.92 Å². The highest BCUT2D eigenvalue weighted by Crippen LogP contribution is 2.43. The number of carbonyl (C=O) groups is 1. The molecule has 0 aliphatic heterocycles. The van der Waals surface area contributed by atoms with Crippen molar-refractivity contribution >= 4 is 41.3 Å². The lowest BCUT2D eigenvalue weighted by Gasteiger charge is -2.15. The van der Waals surface area contributed by atoms with Crippen LogP contribution in [-0.2, 0) is 16.3 Å². The standard InChI is InChI=1S/C18H25BrN2O2Si/c1-24(2,3)7-6-23-12-21-10-16(17(11-22)13-4-5-13)15-8-14(19)9-20-18(15)21/h8-11,13,17H,4-7,12H2,1-3H3. The van der Waals surface area contributed by atoms with Crippen LogP contribution in [0.25, 0.3) is 11.0 Å². The molecular formula is C18H25BrN2O2Si. The SMILES string of the molecule is C[Si](C)(C)CCOCn1cc(C(C=O)C2CC2)c2cc(Br)cnc21. The third kappa shape index (κ3) is 4.16. The summed E-state index contributed by atoms with van der Waals surface area (Å²) in [6.45, 7) is 8.32. The summed E-state index contributed by atoms with van der Waals surface area (Å²) >= 11 is 3.50. The first-order valence-electron chi connectivity index (χ1n) is 8.56. The minimum Gasteiger partial charge on any atom is -0.361 e. The highest BCUT2D eigenvalue weighted by atomic mass is 79.9. The number of ether oxygens (including phenoxy) is 1. The van der Waals surface area contributed by atoms with Crippen molar-refractivity contribution in [3.8, 4) is 0 Å². The fourth-order valence-electron chi connectivity index (χ4n) is 2.97. The smallest absolute Gasteiger partial charge is 0.142 e. The van der Waals surface area contributed by atoms with Crippen LogP contribution in [0.1, 0.15) is 24.3 Å². The van der Waals surface area contributed by atoms with Crippen molar-refractivity contribution in [3.05, 3.63) is 28.5 Å². The zero-order valence-corrected chi connectivity index (χ0v) is 17.2. The molecule has 0 amide bonds. The Morgan fingerprint density at radius 3 is 2.83 bits per heavy atom. The van der Waals surface area contributed by atoms with Gasteiger partial charge in [-0.2, -0.15) is 0 Å². The monoisotopic (exact) mass is 408 g/mol. The van der Waals surface area contributed by atoms with Gasteiger partial charge in [-0.05, 0) is 52.4 Å². The van der Waals surface area contributed by atoms with Gasteiger partial charge in [-0.25, -0.2) is 4.98 Å². The minimum atomic E-state index is -1.08. The molecule has 1 unspecified atom stereocenters. The zero-order valence-electron chi connectivity index (χ0n) is 14.6. The number of pyridine rings is 1. The van der Waals surface area contributed by atoms with Crippen molar-refractivity contribution < 1.29 is 9.53 Å². The first-order chi connectivity index (χ1) is 11.4. The molecule has 1 fully saturated rings. The predicted molar refractivity (Wildman–Crippen MR) is 103 cm³/mol. The van der Waals surface area contributed by atoms with E-state index in [1.807, 2.05) is 4.57 Å². The van der Waals surface area contributed by atoms with E-state index in [1.54, 1.807) is 6.20 Å². The van der Waals surface area contributed by atoms with Gasteiger partial charge in [0.1, 0.15) is 18.7 Å². The molecule has 6 heteroatoms. The van der Waals surface area contributed by atoms with Gasteiger partial charge in [-0.1, -0.05) is 19.6 Å². The largest absolute Gasteiger partial charge is 0.361 e. The fourth-order valence-corrected chi connectivity index (χ4v) is 4.06. The van der Waals surface area contributed by atoms with Crippen molar-refractivity contribution in [1.82, 2.24) is 9.55 Å². The van der Waals surface area contributed by atoms with Crippen molar-refractivity contribution in [2.75, 3.05) is 6.61 Å². The van der Waals surface area contributed by atoms with Crippen LogP contribution in [0, 0.1) is 5.92 Å². The number of nitrogens with zero attached hydrogens (tertiary/aromatic N) is 2. The number of hydrogen-bond acceptors (Lipinski definition) is 3. The van der Waals surface area contributed by atoms with Gasteiger partial charge in [0.15, 0.2) is 0 Å². The average molecular weight is 409 g/mol. The molecule has 2 aromatic rings. The Bertz CT molecular complexity index is 734. The molecule has 1 aliphatic rings. The lowest BCUT2D eigenvalue weighted by atomic mass is 9.96. The van der Waals surface area contributed by atoms with E-state index in [0.29, 0.717) is 12.6 Å². The van der Waals surface area contributed by atoms with Crippen LogP contribution < -0.4 is 0 Å². The van der Waals surface area contributed by atoms with Crippen molar-refractivity contribution in [2.45, 2.75) is 51.2 Å². The maximum Gasteiger partial charge on any atom is 0.142 e. The second-order valence-electron chi connectivity index (χ2n) is 7.93. The van der Waals surface area contributed by atoms with Crippen LogP contribution in [0.5, 0.6) is 0 Å². The fraction of sp³-hybridized carbons (Fsp3) is 0.556. The summed E-state index contributed by atoms with van der Waals surface area (Å²) in [5, 5.41) is 1.06. The van der Waals surface area contributed by atoms with Crippen LogP contribution in [0.3, 0.4) is 0 Å². The van der Waals surface area contributed by atoms with Gasteiger partial charge in [0.2, 0.25) is 0 Å². The van der Waals surface area contributed by atoms with Gasteiger partial charge in [-0.15, -0.1) is 0 Å². The molecule has 1 aliphatic carbocycles. The van der Waals surface area contributed by atoms with E-state index < -0.39 is 8.07 Å². The van der Waals surface area contributed by atoms with E-state index in [0.717, 1.165) is 52.8 Å². The van der Waals surface area contributed by atoms with Gasteiger partial charge >= 0.3 is 0 Å². The number of aromatic nitrogens is 2. The van der Waals surface area contributed by atoms with E-state index in [4.69, 9.17) is 4.74 Å². The van der Waals surface area contributed by atoms with Gasteiger partial charge in [0.05, 0.1) is 0 Å². The quantitative estimate of drug-likeness (QED) is 0.357. The van der Waals surface area contributed by atoms with Gasteiger partial charge in [-0.3, -0.25) is 0 Å². The third-order valence-electron chi connectivity index (χ3n) is 4.57. The van der Waals surface area contributed by atoms with Gasteiger partial charge in [0.25, 0.3) is 0 Å². The van der Waals surface area contributed by atoms with Gasteiger partial charge in [0, 0.05) is 42.9 Å². The highest BCUT2D eigenvalue weighted by Gasteiger charge is 2.34. The Balaban J connectivity index is 1.84. The molecule has 4 nitrogen and oxygen atoms in total. The summed E-state index contributed by atoms with van der Waals surface area (Å²) in [5.41, 5.74) is 1.98. The number of halogens is 1. The lowest BCUT2D eigenvalue weighted by Crippen LogP contribution is -2.22. The second-order valence-corrected chi connectivity index (χ2v) is 14.5. The lowest BCUT2D eigenvalue weighted by molar-refractivity contribution is -0.109. The summed E-state index contributed by atoms with van der Waals surface area (Å²) in [5.74, 6) is 0.472. The van der Waals surface area contributed by atoms with E-state index in [2.05, 4.69) is 52.8 Å². The maximum atomic E-state index is 11.6. The molecule has 0 N–H and O–H groups in total. The third-order valence-corrected chi connectivity index (χ3v) is 6.71. The van der Waals surface area contributed by atoms with E-state index in [1.165, 1.54) is 0 Å². The van der Waals surface area contributed by atoms with Crippen LogP contribution in [0.4, 0.5) is 0 Å². The van der Waals surface area contributed by atoms with E-state index in [9.17, 15) is 4.79 Å². The molecule has 1 atom stereocenters. The minimum absolute atomic E-state index is 0.0215. The highest BCUT2D eigenvalue weighted by molar-refractivity contribution is 9.10. The molecule has 0 aromatic carbocycles. The van der Waals surface area contributed by atoms with Crippen molar-refractivity contribution in [1.29, 1.82) is 0 Å². The number of aldehydes is 1. The summed E-state index contributed by atoms with van der Waals surface area (Å²) < 4.78 is 8.88. The summed E-state index contributed by atoms with van der Waals surface area (Å²) in [6, 6.07) is 3.21. The topological polar surface area (TPSA) is 44.1 Å². The Morgan fingerprint density at radius 1 is 1.46 bits per heavy atom. The summed E-state index contributed by atoms with van der Waals surface area (Å²) in [6.07, 6.45) is 7.26. The first-order valence-corrected chi connectivity index (χ1v) is 13.1. The number of fused-ring (bicyclic) bond motifs is 1. The molecule has 0 radical (unpaired) electrons.